The average Bonchev–Trinajstić information content (AvgIpc) is 2.62. The minimum atomic E-state index is -0.324. The molecule has 0 spiro atoms. The van der Waals surface area contributed by atoms with E-state index >= 15 is 0 Å². The maximum atomic E-state index is 12.7. The molecule has 0 unspecified atom stereocenters. The van der Waals surface area contributed by atoms with Crippen LogP contribution in [0.2, 0.25) is 0 Å². The van der Waals surface area contributed by atoms with Crippen LogP contribution in [0, 0.1) is 0 Å². The van der Waals surface area contributed by atoms with Crippen LogP contribution in [0.1, 0.15) is 0 Å². The Balaban J connectivity index is 2.19. The van der Waals surface area contributed by atoms with Crippen molar-refractivity contribution in [1.29, 1.82) is 0 Å². The fourth-order valence-electron chi connectivity index (χ4n) is 2.95. The Hall–Kier alpha value is -2.65. The summed E-state index contributed by atoms with van der Waals surface area (Å²) in [7, 11) is 0. The minimum Gasteiger partial charge on any atom is -0.422 e. The van der Waals surface area contributed by atoms with Crippen LogP contribution in [0.3, 0.4) is 0 Å². The lowest BCUT2D eigenvalue weighted by molar-refractivity contribution is 0.564. The molecule has 3 heteroatoms. The summed E-state index contributed by atoms with van der Waals surface area (Å²) >= 11 is 3.52. The largest absolute Gasteiger partial charge is 0.422 e. The molecular weight excluding hydrogens is 364 g/mol. The number of rotatable bonds is 2. The van der Waals surface area contributed by atoms with Crippen LogP contribution >= 0.6 is 15.9 Å². The normalized spacial score (nSPS) is 10.9. The van der Waals surface area contributed by atoms with Gasteiger partial charge in [-0.25, -0.2) is 4.79 Å². The van der Waals surface area contributed by atoms with Crippen LogP contribution in [-0.4, -0.2) is 0 Å². The van der Waals surface area contributed by atoms with Gasteiger partial charge in [-0.15, -0.1) is 0 Å². The Labute approximate surface area is 147 Å². The van der Waals surface area contributed by atoms with Gasteiger partial charge in [-0.05, 0) is 29.3 Å². The highest BCUT2D eigenvalue weighted by molar-refractivity contribution is 9.10. The zero-order chi connectivity index (χ0) is 16.5. The van der Waals surface area contributed by atoms with Crippen LogP contribution in [0.4, 0.5) is 0 Å². The maximum absolute atomic E-state index is 12.7. The molecule has 2 nitrogen and oxygen atoms in total. The Morgan fingerprint density at radius 1 is 0.708 bits per heavy atom. The molecule has 0 saturated carbocycles. The predicted octanol–water partition coefficient (Wildman–Crippen LogP) is 5.89. The highest BCUT2D eigenvalue weighted by Gasteiger charge is 2.17. The van der Waals surface area contributed by atoms with Gasteiger partial charge in [0.1, 0.15) is 5.58 Å². The summed E-state index contributed by atoms with van der Waals surface area (Å²) in [6, 6.07) is 25.3. The van der Waals surface area contributed by atoms with Gasteiger partial charge in [0, 0.05) is 15.4 Å². The smallest absolute Gasteiger partial charge is 0.344 e. The van der Waals surface area contributed by atoms with E-state index in [2.05, 4.69) is 15.9 Å². The van der Waals surface area contributed by atoms with Crippen molar-refractivity contribution in [2.24, 2.45) is 0 Å². The van der Waals surface area contributed by atoms with Crippen molar-refractivity contribution < 1.29 is 4.42 Å². The van der Waals surface area contributed by atoms with Gasteiger partial charge in [0.15, 0.2) is 0 Å². The molecule has 0 saturated heterocycles. The SMILES string of the molecule is O=c1oc2ccc(Br)cc2c(-c2ccccc2)c1-c1ccccc1. The second-order valence-corrected chi connectivity index (χ2v) is 6.43. The van der Waals surface area contributed by atoms with Gasteiger partial charge in [0.2, 0.25) is 0 Å². The molecule has 1 aromatic heterocycles. The second kappa shape index (κ2) is 6.10. The van der Waals surface area contributed by atoms with E-state index in [-0.39, 0.29) is 5.63 Å². The Bertz CT molecular complexity index is 1070. The summed E-state index contributed by atoms with van der Waals surface area (Å²) < 4.78 is 6.53. The van der Waals surface area contributed by atoms with E-state index in [9.17, 15) is 4.79 Å². The maximum Gasteiger partial charge on any atom is 0.344 e. The van der Waals surface area contributed by atoms with Gasteiger partial charge in [-0.1, -0.05) is 76.6 Å². The van der Waals surface area contributed by atoms with E-state index in [1.165, 1.54) is 0 Å². The lowest BCUT2D eigenvalue weighted by Gasteiger charge is -2.12. The van der Waals surface area contributed by atoms with E-state index in [0.29, 0.717) is 11.1 Å². The van der Waals surface area contributed by atoms with Crippen LogP contribution in [0.5, 0.6) is 0 Å². The van der Waals surface area contributed by atoms with Crippen LogP contribution in [-0.2, 0) is 0 Å². The summed E-state index contributed by atoms with van der Waals surface area (Å²) in [6.07, 6.45) is 0. The molecular formula is C21H13BrO2. The predicted molar refractivity (Wildman–Crippen MR) is 101 cm³/mol. The van der Waals surface area contributed by atoms with Crippen molar-refractivity contribution in [2.45, 2.75) is 0 Å². The molecule has 116 valence electrons. The van der Waals surface area contributed by atoms with E-state index in [1.807, 2.05) is 78.9 Å². The van der Waals surface area contributed by atoms with Gasteiger partial charge in [-0.3, -0.25) is 0 Å². The Kier molecular flexibility index (Phi) is 3.79. The first kappa shape index (κ1) is 14.9. The fourth-order valence-corrected chi connectivity index (χ4v) is 3.31. The summed E-state index contributed by atoms with van der Waals surface area (Å²) in [5.41, 5.74) is 3.60. The monoisotopic (exact) mass is 376 g/mol. The van der Waals surface area contributed by atoms with Gasteiger partial charge in [0.05, 0.1) is 5.56 Å². The molecule has 0 aliphatic carbocycles. The second-order valence-electron chi connectivity index (χ2n) is 5.51. The third-order valence-corrected chi connectivity index (χ3v) is 4.49. The molecule has 0 aliphatic heterocycles. The van der Waals surface area contributed by atoms with Crippen molar-refractivity contribution >= 4 is 26.9 Å². The Morgan fingerprint density at radius 3 is 1.92 bits per heavy atom. The van der Waals surface area contributed by atoms with Crippen LogP contribution < -0.4 is 5.63 Å². The molecule has 0 fully saturated rings. The lowest BCUT2D eigenvalue weighted by atomic mass is 9.93. The first-order valence-electron chi connectivity index (χ1n) is 7.61. The van der Waals surface area contributed by atoms with Gasteiger partial charge in [-0.2, -0.15) is 0 Å². The number of benzene rings is 3. The zero-order valence-corrected chi connectivity index (χ0v) is 14.3. The average molecular weight is 377 g/mol. The summed E-state index contributed by atoms with van der Waals surface area (Å²) in [6.45, 7) is 0. The van der Waals surface area contributed by atoms with Crippen LogP contribution in [0.15, 0.2) is 92.5 Å². The third kappa shape index (κ3) is 2.57. The van der Waals surface area contributed by atoms with Gasteiger partial charge in [0.25, 0.3) is 0 Å². The van der Waals surface area contributed by atoms with E-state index in [1.54, 1.807) is 0 Å². The molecule has 4 aromatic rings. The van der Waals surface area contributed by atoms with Crippen molar-refractivity contribution in [3.8, 4) is 22.3 Å². The quantitative estimate of drug-likeness (QED) is 0.408. The van der Waals surface area contributed by atoms with Crippen molar-refractivity contribution in [3.05, 3.63) is 93.8 Å². The summed E-state index contributed by atoms with van der Waals surface area (Å²) in [4.78, 5) is 12.7. The lowest BCUT2D eigenvalue weighted by Crippen LogP contribution is -2.06. The number of fused-ring (bicyclic) bond motifs is 1. The first-order valence-corrected chi connectivity index (χ1v) is 8.40. The molecule has 0 aliphatic rings. The fraction of sp³-hybridized carbons (Fsp3) is 0. The molecule has 0 radical (unpaired) electrons. The highest BCUT2D eigenvalue weighted by Crippen LogP contribution is 2.36. The summed E-state index contributed by atoms with van der Waals surface area (Å²) in [5, 5.41) is 0.911. The van der Waals surface area contributed by atoms with Gasteiger partial charge < -0.3 is 4.42 Å². The standard InChI is InChI=1S/C21H13BrO2/c22-16-11-12-18-17(13-16)19(14-7-3-1-4-8-14)20(21(23)24-18)15-9-5-2-6-10-15/h1-13H. The topological polar surface area (TPSA) is 30.2 Å². The number of hydrogen-bond acceptors (Lipinski definition) is 2. The molecule has 0 atom stereocenters. The molecule has 1 heterocycles. The van der Waals surface area contributed by atoms with Crippen molar-refractivity contribution in [2.75, 3.05) is 0 Å². The van der Waals surface area contributed by atoms with Gasteiger partial charge >= 0.3 is 5.63 Å². The number of halogens is 1. The first-order chi connectivity index (χ1) is 11.7. The summed E-state index contributed by atoms with van der Waals surface area (Å²) in [5.74, 6) is 0. The van der Waals surface area contributed by atoms with E-state index < -0.39 is 0 Å². The van der Waals surface area contributed by atoms with Crippen molar-refractivity contribution in [3.63, 3.8) is 0 Å². The third-order valence-electron chi connectivity index (χ3n) is 3.99. The Morgan fingerprint density at radius 2 is 1.29 bits per heavy atom. The van der Waals surface area contributed by atoms with Crippen LogP contribution in [0.25, 0.3) is 33.2 Å². The zero-order valence-electron chi connectivity index (χ0n) is 12.7. The molecule has 0 amide bonds. The molecule has 0 N–H and O–H groups in total. The minimum absolute atomic E-state index is 0.324. The van der Waals surface area contributed by atoms with E-state index in [0.717, 1.165) is 26.5 Å². The van der Waals surface area contributed by atoms with E-state index in [4.69, 9.17) is 4.42 Å². The molecule has 4 rings (SSSR count). The number of hydrogen-bond donors (Lipinski definition) is 0. The molecule has 24 heavy (non-hydrogen) atoms. The highest BCUT2D eigenvalue weighted by atomic mass is 79.9. The molecule has 3 aromatic carbocycles. The molecule has 0 bridgehead atoms. The van der Waals surface area contributed by atoms with Crippen molar-refractivity contribution in [1.82, 2.24) is 0 Å².